The second-order valence-electron chi connectivity index (χ2n) is 6.00. The van der Waals surface area contributed by atoms with Crippen LogP contribution in [-0.4, -0.2) is 11.7 Å². The Labute approximate surface area is 147 Å². The number of aryl methyl sites for hydroxylation is 1. The van der Waals surface area contributed by atoms with Crippen LogP contribution in [-0.2, 0) is 6.42 Å². The van der Waals surface area contributed by atoms with Crippen LogP contribution in [0.1, 0.15) is 37.3 Å². The third-order valence-electron chi connectivity index (χ3n) is 3.75. The van der Waals surface area contributed by atoms with Crippen LogP contribution in [0.2, 0.25) is 0 Å². The largest absolute Gasteiger partial charge is 0.362 e. The second kappa shape index (κ2) is 8.73. The van der Waals surface area contributed by atoms with Crippen molar-refractivity contribution in [2.45, 2.75) is 32.6 Å². The third kappa shape index (κ3) is 5.57. The minimum atomic E-state index is -0.663. The van der Waals surface area contributed by atoms with Crippen LogP contribution < -0.4 is 10.6 Å². The number of anilines is 1. The van der Waals surface area contributed by atoms with E-state index in [2.05, 4.69) is 48.7 Å². The zero-order valence-corrected chi connectivity index (χ0v) is 14.7. The maximum Gasteiger partial charge on any atom is 0.170 e. The van der Waals surface area contributed by atoms with Crippen molar-refractivity contribution in [3.63, 3.8) is 0 Å². The van der Waals surface area contributed by atoms with E-state index in [1.807, 2.05) is 0 Å². The number of halogens is 2. The molecule has 0 aliphatic heterocycles. The van der Waals surface area contributed by atoms with E-state index in [-0.39, 0.29) is 5.69 Å². The van der Waals surface area contributed by atoms with Crippen LogP contribution in [0.3, 0.4) is 0 Å². The molecule has 0 spiro atoms. The van der Waals surface area contributed by atoms with Gasteiger partial charge < -0.3 is 10.6 Å². The summed E-state index contributed by atoms with van der Waals surface area (Å²) in [5, 5.41) is 6.10. The van der Waals surface area contributed by atoms with Crippen LogP contribution in [0.15, 0.2) is 42.5 Å². The van der Waals surface area contributed by atoms with Crippen molar-refractivity contribution < 1.29 is 8.78 Å². The summed E-state index contributed by atoms with van der Waals surface area (Å²) in [4.78, 5) is 0. The molecular weight excluding hydrogens is 326 g/mol. The summed E-state index contributed by atoms with van der Waals surface area (Å²) >= 11 is 5.12. The van der Waals surface area contributed by atoms with Crippen molar-refractivity contribution in [3.05, 3.63) is 65.2 Å². The van der Waals surface area contributed by atoms with E-state index in [4.69, 9.17) is 12.2 Å². The van der Waals surface area contributed by atoms with Crippen molar-refractivity contribution in [1.29, 1.82) is 0 Å². The van der Waals surface area contributed by atoms with Gasteiger partial charge in [-0.15, -0.1) is 0 Å². The normalized spacial score (nSPS) is 10.7. The molecule has 0 bridgehead atoms. The predicted octanol–water partition coefficient (Wildman–Crippen LogP) is 5.01. The van der Waals surface area contributed by atoms with Gasteiger partial charge in [-0.1, -0.05) is 38.1 Å². The van der Waals surface area contributed by atoms with Gasteiger partial charge in [0.15, 0.2) is 5.11 Å². The Morgan fingerprint density at radius 2 is 1.79 bits per heavy atom. The molecule has 24 heavy (non-hydrogen) atoms. The average molecular weight is 348 g/mol. The van der Waals surface area contributed by atoms with E-state index in [1.165, 1.54) is 23.3 Å². The van der Waals surface area contributed by atoms with Crippen molar-refractivity contribution in [2.75, 3.05) is 11.9 Å². The predicted molar refractivity (Wildman–Crippen MR) is 99.4 cm³/mol. The van der Waals surface area contributed by atoms with E-state index < -0.39 is 11.6 Å². The van der Waals surface area contributed by atoms with E-state index >= 15 is 0 Å². The molecule has 0 aromatic heterocycles. The Hall–Kier alpha value is -2.01. The molecule has 0 heterocycles. The summed E-state index contributed by atoms with van der Waals surface area (Å²) in [7, 11) is 0. The van der Waals surface area contributed by atoms with Gasteiger partial charge in [0, 0.05) is 12.6 Å². The lowest BCUT2D eigenvalue weighted by Gasteiger charge is -2.11. The van der Waals surface area contributed by atoms with Crippen molar-refractivity contribution >= 4 is 23.0 Å². The minimum absolute atomic E-state index is 0.165. The molecule has 2 N–H and O–H groups in total. The first kappa shape index (κ1) is 18.3. The Balaban J connectivity index is 1.72. The van der Waals surface area contributed by atoms with E-state index in [0.29, 0.717) is 17.6 Å². The third-order valence-corrected chi connectivity index (χ3v) is 4.00. The zero-order valence-electron chi connectivity index (χ0n) is 13.9. The monoisotopic (exact) mass is 348 g/mol. The molecule has 0 aliphatic carbocycles. The molecule has 0 fully saturated rings. The zero-order chi connectivity index (χ0) is 17.5. The number of thiocarbonyl (C=S) groups is 1. The number of rotatable bonds is 6. The molecule has 0 aliphatic rings. The standard InChI is InChI=1S/C19H22F2N2S/c1-13(2)15-7-5-14(6-8-15)4-3-11-22-19(24)23-18-10-9-16(20)12-17(18)21/h5-10,12-13H,3-4,11H2,1-2H3,(H2,22,23,24). The van der Waals surface area contributed by atoms with Crippen LogP contribution in [0.25, 0.3) is 0 Å². The van der Waals surface area contributed by atoms with E-state index in [0.717, 1.165) is 18.9 Å². The maximum absolute atomic E-state index is 13.5. The van der Waals surface area contributed by atoms with Crippen molar-refractivity contribution in [2.24, 2.45) is 0 Å². The van der Waals surface area contributed by atoms with E-state index in [1.54, 1.807) is 0 Å². The second-order valence-corrected chi connectivity index (χ2v) is 6.41. The van der Waals surface area contributed by atoms with Gasteiger partial charge in [0.1, 0.15) is 11.6 Å². The molecule has 0 amide bonds. The summed E-state index contributed by atoms with van der Waals surface area (Å²) < 4.78 is 26.4. The Bertz CT molecular complexity index is 684. The molecule has 0 saturated heterocycles. The molecule has 0 radical (unpaired) electrons. The van der Waals surface area contributed by atoms with Crippen LogP contribution in [0.4, 0.5) is 14.5 Å². The fourth-order valence-electron chi connectivity index (χ4n) is 2.32. The Kier molecular flexibility index (Phi) is 6.67. The fraction of sp³-hybridized carbons (Fsp3) is 0.316. The highest BCUT2D eigenvalue weighted by Crippen LogP contribution is 2.16. The van der Waals surface area contributed by atoms with Gasteiger partial charge in [-0.05, 0) is 54.2 Å². The number of benzene rings is 2. The van der Waals surface area contributed by atoms with Gasteiger partial charge in [-0.25, -0.2) is 8.78 Å². The molecule has 0 atom stereocenters. The number of hydrogen-bond donors (Lipinski definition) is 2. The average Bonchev–Trinajstić information content (AvgIpc) is 2.55. The number of hydrogen-bond acceptors (Lipinski definition) is 1. The molecule has 5 heteroatoms. The Morgan fingerprint density at radius 3 is 2.42 bits per heavy atom. The SMILES string of the molecule is CC(C)c1ccc(CCCNC(=S)Nc2ccc(F)cc2F)cc1. The summed E-state index contributed by atoms with van der Waals surface area (Å²) in [5.74, 6) is -0.735. The summed E-state index contributed by atoms with van der Waals surface area (Å²) in [6, 6.07) is 12.0. The molecule has 2 aromatic rings. The molecule has 0 unspecified atom stereocenters. The number of nitrogens with one attached hydrogen (secondary N) is 2. The van der Waals surface area contributed by atoms with Gasteiger partial charge >= 0.3 is 0 Å². The summed E-state index contributed by atoms with van der Waals surface area (Å²) in [6.45, 7) is 5.04. The Morgan fingerprint density at radius 1 is 1.08 bits per heavy atom. The first-order chi connectivity index (χ1) is 11.5. The lowest BCUT2D eigenvalue weighted by Crippen LogP contribution is -2.29. The topological polar surface area (TPSA) is 24.1 Å². The summed E-state index contributed by atoms with van der Waals surface area (Å²) in [6.07, 6.45) is 1.85. The molecule has 2 aromatic carbocycles. The quantitative estimate of drug-likeness (QED) is 0.567. The molecule has 2 rings (SSSR count). The highest BCUT2D eigenvalue weighted by Gasteiger charge is 2.05. The maximum atomic E-state index is 13.5. The van der Waals surface area contributed by atoms with Crippen LogP contribution in [0.5, 0.6) is 0 Å². The molecule has 0 saturated carbocycles. The summed E-state index contributed by atoms with van der Waals surface area (Å²) in [5.41, 5.74) is 2.78. The first-order valence-electron chi connectivity index (χ1n) is 8.04. The first-order valence-corrected chi connectivity index (χ1v) is 8.45. The van der Waals surface area contributed by atoms with E-state index in [9.17, 15) is 8.78 Å². The van der Waals surface area contributed by atoms with Crippen LogP contribution in [0, 0.1) is 11.6 Å². The lowest BCUT2D eigenvalue weighted by molar-refractivity contribution is 0.586. The van der Waals surface area contributed by atoms with Crippen molar-refractivity contribution in [1.82, 2.24) is 5.32 Å². The highest BCUT2D eigenvalue weighted by atomic mass is 32.1. The van der Waals surface area contributed by atoms with Gasteiger partial charge in [0.05, 0.1) is 5.69 Å². The fourth-order valence-corrected chi connectivity index (χ4v) is 2.53. The van der Waals surface area contributed by atoms with Crippen molar-refractivity contribution in [3.8, 4) is 0 Å². The molecule has 2 nitrogen and oxygen atoms in total. The van der Waals surface area contributed by atoms with Gasteiger partial charge in [-0.2, -0.15) is 0 Å². The smallest absolute Gasteiger partial charge is 0.170 e. The van der Waals surface area contributed by atoms with Gasteiger partial charge in [0.2, 0.25) is 0 Å². The van der Waals surface area contributed by atoms with Gasteiger partial charge in [-0.3, -0.25) is 0 Å². The minimum Gasteiger partial charge on any atom is -0.362 e. The lowest BCUT2D eigenvalue weighted by atomic mass is 10.0. The van der Waals surface area contributed by atoms with Gasteiger partial charge in [0.25, 0.3) is 0 Å². The highest BCUT2D eigenvalue weighted by molar-refractivity contribution is 7.80. The molecule has 128 valence electrons. The molecular formula is C19H22F2N2S. The van der Waals surface area contributed by atoms with Crippen LogP contribution >= 0.6 is 12.2 Å².